The minimum absolute atomic E-state index is 0.302. The molecule has 0 aliphatic heterocycles. The molecule has 8 heteroatoms. The van der Waals surface area contributed by atoms with Crippen LogP contribution >= 0.6 is 11.6 Å². The maximum absolute atomic E-state index is 12.9. The fourth-order valence-electron chi connectivity index (χ4n) is 3.12. The fourth-order valence-corrected chi connectivity index (χ4v) is 3.69. The number of hydrogen-bond donors (Lipinski definition) is 3. The van der Waals surface area contributed by atoms with Gasteiger partial charge in [0.2, 0.25) is 0 Å². The largest absolute Gasteiger partial charge is 0.395 e. The molecular weight excluding hydrogens is 369 g/mol. The second-order valence-corrected chi connectivity index (χ2v) is 6.56. The number of rotatable bonds is 3. The van der Waals surface area contributed by atoms with Crippen LogP contribution in [0.4, 0.5) is 29.3 Å². The van der Waals surface area contributed by atoms with E-state index in [1.165, 1.54) is 0 Å². The number of benzene rings is 2. The summed E-state index contributed by atoms with van der Waals surface area (Å²) in [6, 6.07) is 14.5. The van der Waals surface area contributed by atoms with Crippen molar-refractivity contribution in [1.82, 2.24) is 0 Å². The van der Waals surface area contributed by atoms with Crippen LogP contribution in [0.25, 0.3) is 0 Å². The topological polar surface area (TPSA) is 61.4 Å². The van der Waals surface area contributed by atoms with Gasteiger partial charge in [0.05, 0.1) is 17.4 Å². The Morgan fingerprint density at radius 3 is 2.23 bits per heavy atom. The van der Waals surface area contributed by atoms with Crippen LogP contribution in [0.5, 0.6) is 0 Å². The Morgan fingerprint density at radius 2 is 1.62 bits per heavy atom. The Bertz CT molecular complexity index is 776. The maximum Gasteiger partial charge on any atom is 0.395 e. The number of hydrogen-bond acceptors (Lipinski definition) is 2. The monoisotopic (exact) mass is 384 g/mol. The van der Waals surface area contributed by atoms with E-state index in [9.17, 15) is 23.1 Å². The number of aliphatic hydroxyl groups excluding tert-OH is 1. The molecule has 0 saturated heterocycles. The Hall–Kier alpha value is -2.25. The van der Waals surface area contributed by atoms with Crippen molar-refractivity contribution in [2.24, 2.45) is 5.92 Å². The standard InChI is InChI=1S/C18H16ClF3N2O2/c19-15-13(16(25)14(15)18(20,21)22)11-8-4-5-9-12(11)24-17(26)23-10-6-2-1-3-7-10/h1-9,13-16,25H,(H2,23,24,26). The highest BCUT2D eigenvalue weighted by Gasteiger charge is 2.62. The average molecular weight is 385 g/mol. The van der Waals surface area contributed by atoms with Crippen molar-refractivity contribution in [3.63, 3.8) is 0 Å². The van der Waals surface area contributed by atoms with Gasteiger partial charge < -0.3 is 15.7 Å². The number of carbonyl (C=O) groups is 1. The number of para-hydroxylation sites is 2. The van der Waals surface area contributed by atoms with E-state index < -0.39 is 35.5 Å². The predicted octanol–water partition coefficient (Wildman–Crippen LogP) is 4.57. The molecule has 26 heavy (non-hydrogen) atoms. The number of halogens is 4. The smallest absolute Gasteiger partial charge is 0.392 e. The molecule has 2 amide bonds. The van der Waals surface area contributed by atoms with Crippen molar-refractivity contribution in [1.29, 1.82) is 0 Å². The summed E-state index contributed by atoms with van der Waals surface area (Å²) >= 11 is 5.93. The molecule has 4 unspecified atom stereocenters. The second kappa shape index (κ2) is 7.17. The van der Waals surface area contributed by atoms with E-state index >= 15 is 0 Å². The van der Waals surface area contributed by atoms with E-state index in [0.717, 1.165) is 0 Å². The Labute approximate surface area is 153 Å². The summed E-state index contributed by atoms with van der Waals surface area (Å²) in [6.07, 6.45) is -6.23. The van der Waals surface area contributed by atoms with Crippen LogP contribution in [0, 0.1) is 5.92 Å². The first-order chi connectivity index (χ1) is 12.3. The third-order valence-electron chi connectivity index (χ3n) is 4.40. The summed E-state index contributed by atoms with van der Waals surface area (Å²) in [6.45, 7) is 0. The number of anilines is 2. The molecule has 0 radical (unpaired) electrons. The molecule has 1 saturated carbocycles. The molecule has 4 nitrogen and oxygen atoms in total. The molecule has 3 rings (SSSR count). The zero-order valence-electron chi connectivity index (χ0n) is 13.4. The molecule has 0 bridgehead atoms. The summed E-state index contributed by atoms with van der Waals surface area (Å²) in [4.78, 5) is 12.2. The summed E-state index contributed by atoms with van der Waals surface area (Å²) in [5.41, 5.74) is 1.23. The SMILES string of the molecule is O=C(Nc1ccccc1)Nc1ccccc1C1C(O)C(C(F)(F)F)C1Cl. The second-order valence-electron chi connectivity index (χ2n) is 6.06. The summed E-state index contributed by atoms with van der Waals surface area (Å²) in [5, 5.41) is 13.9. The third kappa shape index (κ3) is 3.64. The van der Waals surface area contributed by atoms with E-state index in [-0.39, 0.29) is 0 Å². The molecule has 138 valence electrons. The van der Waals surface area contributed by atoms with E-state index in [4.69, 9.17) is 11.6 Å². The van der Waals surface area contributed by atoms with Gasteiger partial charge in [0.1, 0.15) is 0 Å². The van der Waals surface area contributed by atoms with Crippen LogP contribution in [0.3, 0.4) is 0 Å². The van der Waals surface area contributed by atoms with Gasteiger partial charge in [0.15, 0.2) is 0 Å². The summed E-state index contributed by atoms with van der Waals surface area (Å²) in [7, 11) is 0. The summed E-state index contributed by atoms with van der Waals surface area (Å²) < 4.78 is 38.8. The molecule has 2 aromatic rings. The normalized spacial score (nSPS) is 25.3. The number of carbonyl (C=O) groups excluding carboxylic acids is 1. The van der Waals surface area contributed by atoms with Crippen LogP contribution in [-0.2, 0) is 0 Å². The lowest BCUT2D eigenvalue weighted by molar-refractivity contribution is -0.231. The number of urea groups is 1. The van der Waals surface area contributed by atoms with Crippen LogP contribution in [0.15, 0.2) is 54.6 Å². The minimum atomic E-state index is -4.57. The van der Waals surface area contributed by atoms with Crippen LogP contribution in [-0.4, -0.2) is 28.8 Å². The predicted molar refractivity (Wildman–Crippen MR) is 93.5 cm³/mol. The highest BCUT2D eigenvalue weighted by atomic mass is 35.5. The average Bonchev–Trinajstić information content (AvgIpc) is 2.56. The molecule has 3 N–H and O–H groups in total. The van der Waals surface area contributed by atoms with E-state index in [1.807, 2.05) is 0 Å². The van der Waals surface area contributed by atoms with Gasteiger partial charge >= 0.3 is 12.2 Å². The van der Waals surface area contributed by atoms with Gasteiger partial charge in [0.25, 0.3) is 0 Å². The first-order valence-electron chi connectivity index (χ1n) is 7.90. The Morgan fingerprint density at radius 1 is 1.00 bits per heavy atom. The minimum Gasteiger partial charge on any atom is -0.392 e. The van der Waals surface area contributed by atoms with Crippen molar-refractivity contribution < 1.29 is 23.1 Å². The van der Waals surface area contributed by atoms with Crippen LogP contribution < -0.4 is 10.6 Å². The molecule has 0 heterocycles. The van der Waals surface area contributed by atoms with E-state index in [2.05, 4.69) is 10.6 Å². The third-order valence-corrected chi connectivity index (χ3v) is 4.94. The Kier molecular flexibility index (Phi) is 5.11. The van der Waals surface area contributed by atoms with E-state index in [0.29, 0.717) is 16.9 Å². The van der Waals surface area contributed by atoms with Crippen molar-refractivity contribution >= 4 is 29.0 Å². The van der Waals surface area contributed by atoms with Gasteiger partial charge in [-0.25, -0.2) is 4.79 Å². The van der Waals surface area contributed by atoms with Crippen molar-refractivity contribution in [2.75, 3.05) is 10.6 Å². The van der Waals surface area contributed by atoms with Crippen LogP contribution in [0.1, 0.15) is 11.5 Å². The number of nitrogens with one attached hydrogen (secondary N) is 2. The lowest BCUT2D eigenvalue weighted by atomic mass is 9.67. The zero-order valence-corrected chi connectivity index (χ0v) is 14.1. The zero-order chi connectivity index (χ0) is 18.9. The molecule has 1 fully saturated rings. The van der Waals surface area contributed by atoms with Gasteiger partial charge in [-0.3, -0.25) is 0 Å². The molecule has 0 aromatic heterocycles. The van der Waals surface area contributed by atoms with Crippen molar-refractivity contribution in [3.05, 3.63) is 60.2 Å². The molecule has 1 aliphatic carbocycles. The first-order valence-corrected chi connectivity index (χ1v) is 8.33. The van der Waals surface area contributed by atoms with Crippen LogP contribution in [0.2, 0.25) is 0 Å². The number of aliphatic hydroxyl groups is 1. The van der Waals surface area contributed by atoms with Gasteiger partial charge in [-0.15, -0.1) is 11.6 Å². The van der Waals surface area contributed by atoms with Gasteiger partial charge in [-0.05, 0) is 23.8 Å². The van der Waals surface area contributed by atoms with Gasteiger partial charge in [-0.2, -0.15) is 13.2 Å². The highest BCUT2D eigenvalue weighted by Crippen LogP contribution is 2.53. The fraction of sp³-hybridized carbons (Fsp3) is 0.278. The molecule has 2 aromatic carbocycles. The lowest BCUT2D eigenvalue weighted by Crippen LogP contribution is -2.57. The van der Waals surface area contributed by atoms with Crippen molar-refractivity contribution in [2.45, 2.75) is 23.6 Å². The van der Waals surface area contributed by atoms with Crippen molar-refractivity contribution in [3.8, 4) is 0 Å². The molecule has 0 spiro atoms. The quantitative estimate of drug-likeness (QED) is 0.678. The van der Waals surface area contributed by atoms with Gasteiger partial charge in [0, 0.05) is 17.3 Å². The number of amides is 2. The Balaban J connectivity index is 1.76. The lowest BCUT2D eigenvalue weighted by Gasteiger charge is -2.47. The van der Waals surface area contributed by atoms with E-state index in [1.54, 1.807) is 54.6 Å². The molecule has 1 aliphatic rings. The first kappa shape index (κ1) is 18.5. The molecular formula is C18H16ClF3N2O2. The number of alkyl halides is 4. The van der Waals surface area contributed by atoms with Gasteiger partial charge in [-0.1, -0.05) is 36.4 Å². The summed E-state index contributed by atoms with van der Waals surface area (Å²) in [5.74, 6) is -2.91. The maximum atomic E-state index is 12.9. The molecule has 4 atom stereocenters. The highest BCUT2D eigenvalue weighted by molar-refractivity contribution is 6.22.